The number of ether oxygens (including phenoxy) is 1. The molecule has 0 N–H and O–H groups in total. The minimum absolute atomic E-state index is 0.0532. The molecule has 4 heterocycles. The highest BCUT2D eigenvalue weighted by Gasteiger charge is 2.32. The van der Waals surface area contributed by atoms with Gasteiger partial charge in [-0.15, -0.1) is 0 Å². The summed E-state index contributed by atoms with van der Waals surface area (Å²) in [5, 5.41) is 0. The fourth-order valence-electron chi connectivity index (χ4n) is 5.36. The lowest BCUT2D eigenvalue weighted by atomic mass is 9.86. The third-order valence-electron chi connectivity index (χ3n) is 7.05. The van der Waals surface area contributed by atoms with E-state index >= 15 is 0 Å². The van der Waals surface area contributed by atoms with Gasteiger partial charge < -0.3 is 14.5 Å². The zero-order chi connectivity index (χ0) is 21.3. The van der Waals surface area contributed by atoms with E-state index in [9.17, 15) is 0 Å². The van der Waals surface area contributed by atoms with Gasteiger partial charge in [-0.2, -0.15) is 0 Å². The Labute approximate surface area is 189 Å². The molecule has 3 aliphatic rings. The van der Waals surface area contributed by atoms with E-state index < -0.39 is 0 Å². The van der Waals surface area contributed by atoms with Crippen LogP contribution in [-0.4, -0.2) is 41.1 Å². The number of hydrogen-bond acceptors (Lipinski definition) is 6. The lowest BCUT2D eigenvalue weighted by Crippen LogP contribution is -2.29. The van der Waals surface area contributed by atoms with Crippen LogP contribution in [0, 0.1) is 0 Å². The van der Waals surface area contributed by atoms with Crippen molar-refractivity contribution in [3.8, 4) is 11.5 Å². The molecule has 3 aliphatic heterocycles. The van der Waals surface area contributed by atoms with Crippen LogP contribution in [-0.2, 0) is 0 Å². The van der Waals surface area contributed by atoms with E-state index in [2.05, 4.69) is 61.1 Å². The Morgan fingerprint density at radius 1 is 0.656 bits per heavy atom. The van der Waals surface area contributed by atoms with Crippen LogP contribution in [0.4, 0.5) is 11.4 Å². The highest BCUT2D eigenvalue weighted by Crippen LogP contribution is 2.48. The largest absolute Gasteiger partial charge is 0.457 e. The summed E-state index contributed by atoms with van der Waals surface area (Å²) in [6, 6.07) is 13.3. The summed E-state index contributed by atoms with van der Waals surface area (Å²) in [4.78, 5) is 18.0. The molecule has 6 heteroatoms. The zero-order valence-electron chi connectivity index (χ0n) is 18.4. The van der Waals surface area contributed by atoms with Gasteiger partial charge in [0.25, 0.3) is 0 Å². The Kier molecular flexibility index (Phi) is 5.13. The monoisotopic (exact) mass is 427 g/mol. The van der Waals surface area contributed by atoms with Gasteiger partial charge in [-0.25, -0.2) is 15.0 Å². The van der Waals surface area contributed by atoms with Crippen molar-refractivity contribution < 1.29 is 4.74 Å². The van der Waals surface area contributed by atoms with Gasteiger partial charge in [-0.1, -0.05) is 12.1 Å². The van der Waals surface area contributed by atoms with Crippen molar-refractivity contribution in [3.05, 3.63) is 66.0 Å². The molecule has 2 saturated heterocycles. The molecule has 0 bridgehead atoms. The predicted molar refractivity (Wildman–Crippen MR) is 126 cm³/mol. The van der Waals surface area contributed by atoms with E-state index in [0.29, 0.717) is 0 Å². The molecule has 32 heavy (non-hydrogen) atoms. The molecule has 1 aromatic heterocycles. The molecule has 0 unspecified atom stereocenters. The maximum atomic E-state index is 6.57. The van der Waals surface area contributed by atoms with Crippen molar-refractivity contribution in [1.82, 2.24) is 15.0 Å². The molecule has 6 rings (SSSR count). The third kappa shape index (κ3) is 3.57. The number of fused-ring (bicyclic) bond motifs is 2. The first kappa shape index (κ1) is 19.5. The van der Waals surface area contributed by atoms with Gasteiger partial charge in [0.1, 0.15) is 30.0 Å². The second-order valence-electron chi connectivity index (χ2n) is 9.07. The number of benzene rings is 2. The summed E-state index contributed by atoms with van der Waals surface area (Å²) in [5.74, 6) is 2.55. The second kappa shape index (κ2) is 8.41. The van der Waals surface area contributed by atoms with Gasteiger partial charge in [0, 0.05) is 60.8 Å². The molecule has 0 spiro atoms. The number of hydrogen-bond donors (Lipinski definition) is 0. The van der Waals surface area contributed by atoms with Crippen LogP contribution < -0.4 is 14.5 Å². The van der Waals surface area contributed by atoms with E-state index in [0.717, 1.165) is 54.6 Å². The minimum Gasteiger partial charge on any atom is -0.457 e. The fourth-order valence-corrected chi connectivity index (χ4v) is 5.36. The van der Waals surface area contributed by atoms with Crippen LogP contribution in [0.2, 0.25) is 0 Å². The molecule has 0 saturated carbocycles. The maximum Gasteiger partial charge on any atom is 0.144 e. The highest BCUT2D eigenvalue weighted by atomic mass is 16.5. The SMILES string of the molecule is c1ncnc(C2c3ccc(N4CCCCC4)cc3Oc3cc(N4CCCCC4)ccc32)n1. The van der Waals surface area contributed by atoms with Gasteiger partial charge >= 0.3 is 0 Å². The molecule has 0 amide bonds. The molecule has 2 fully saturated rings. The van der Waals surface area contributed by atoms with Crippen LogP contribution in [0.1, 0.15) is 61.4 Å². The fraction of sp³-hybridized carbons (Fsp3) is 0.423. The Morgan fingerprint density at radius 2 is 1.16 bits per heavy atom. The summed E-state index contributed by atoms with van der Waals surface area (Å²) in [6.45, 7) is 4.47. The Hall–Kier alpha value is -3.15. The molecule has 2 aromatic carbocycles. The van der Waals surface area contributed by atoms with Gasteiger partial charge in [-0.3, -0.25) is 0 Å². The summed E-state index contributed by atoms with van der Waals surface area (Å²) in [7, 11) is 0. The number of rotatable bonds is 3. The van der Waals surface area contributed by atoms with Gasteiger partial charge in [0.05, 0.1) is 5.92 Å². The van der Waals surface area contributed by atoms with Crippen LogP contribution in [0.25, 0.3) is 0 Å². The van der Waals surface area contributed by atoms with E-state index in [1.165, 1.54) is 49.9 Å². The predicted octanol–water partition coefficient (Wildman–Crippen LogP) is 5.14. The van der Waals surface area contributed by atoms with Gasteiger partial charge in [0.2, 0.25) is 0 Å². The molecule has 0 radical (unpaired) electrons. The van der Waals surface area contributed by atoms with E-state index in [4.69, 9.17) is 4.74 Å². The van der Waals surface area contributed by atoms with Crippen molar-refractivity contribution in [2.24, 2.45) is 0 Å². The Bertz CT molecular complexity index is 1020. The number of anilines is 2. The van der Waals surface area contributed by atoms with Crippen LogP contribution in [0.3, 0.4) is 0 Å². The molecule has 0 aliphatic carbocycles. The highest BCUT2D eigenvalue weighted by molar-refractivity contribution is 5.65. The number of aromatic nitrogens is 3. The van der Waals surface area contributed by atoms with Crippen LogP contribution in [0.5, 0.6) is 11.5 Å². The standard InChI is InChI=1S/C26H29N5O/c1-3-11-30(12-4-1)19-7-9-21-23(15-19)32-24-16-20(31-13-5-2-6-14-31)8-10-22(24)25(21)26-28-17-27-18-29-26/h7-10,15-18,25H,1-6,11-14H2. The Morgan fingerprint density at radius 3 is 1.66 bits per heavy atom. The maximum absolute atomic E-state index is 6.57. The molecule has 0 atom stereocenters. The number of piperidine rings is 2. The van der Waals surface area contributed by atoms with E-state index in [1.807, 2.05) is 0 Å². The minimum atomic E-state index is -0.0532. The third-order valence-corrected chi connectivity index (χ3v) is 7.05. The average Bonchev–Trinajstić information content (AvgIpc) is 2.88. The molecular formula is C26H29N5O. The normalized spacial score (nSPS) is 18.6. The average molecular weight is 428 g/mol. The lowest BCUT2D eigenvalue weighted by molar-refractivity contribution is 0.449. The second-order valence-corrected chi connectivity index (χ2v) is 9.07. The summed E-state index contributed by atoms with van der Waals surface area (Å²) in [6.07, 6.45) is 10.8. The summed E-state index contributed by atoms with van der Waals surface area (Å²) in [5.41, 5.74) is 4.73. The Balaban J connectivity index is 1.42. The molecular weight excluding hydrogens is 398 g/mol. The van der Waals surface area contributed by atoms with Crippen LogP contribution in [0.15, 0.2) is 49.1 Å². The van der Waals surface area contributed by atoms with Gasteiger partial charge in [0.15, 0.2) is 0 Å². The molecule has 6 nitrogen and oxygen atoms in total. The van der Waals surface area contributed by atoms with Crippen molar-refractivity contribution >= 4 is 11.4 Å². The quantitative estimate of drug-likeness (QED) is 0.451. The van der Waals surface area contributed by atoms with E-state index in [-0.39, 0.29) is 5.92 Å². The molecule has 164 valence electrons. The van der Waals surface area contributed by atoms with Crippen molar-refractivity contribution in [1.29, 1.82) is 0 Å². The summed E-state index contributed by atoms with van der Waals surface area (Å²) >= 11 is 0. The zero-order valence-corrected chi connectivity index (χ0v) is 18.4. The first-order valence-corrected chi connectivity index (χ1v) is 11.9. The lowest BCUT2D eigenvalue weighted by Gasteiger charge is -2.33. The van der Waals surface area contributed by atoms with E-state index in [1.54, 1.807) is 12.7 Å². The first-order valence-electron chi connectivity index (χ1n) is 11.9. The van der Waals surface area contributed by atoms with Crippen LogP contribution >= 0.6 is 0 Å². The van der Waals surface area contributed by atoms with Gasteiger partial charge in [-0.05, 0) is 50.7 Å². The smallest absolute Gasteiger partial charge is 0.144 e. The molecule has 3 aromatic rings. The van der Waals surface area contributed by atoms with Crippen molar-refractivity contribution in [3.63, 3.8) is 0 Å². The summed E-state index contributed by atoms with van der Waals surface area (Å²) < 4.78 is 6.57. The number of nitrogens with zero attached hydrogens (tertiary/aromatic N) is 5. The topological polar surface area (TPSA) is 54.4 Å². The van der Waals surface area contributed by atoms with Crippen molar-refractivity contribution in [2.45, 2.75) is 44.4 Å². The first-order chi connectivity index (χ1) is 15.9. The van der Waals surface area contributed by atoms with Crippen molar-refractivity contribution in [2.75, 3.05) is 36.0 Å².